The Morgan fingerprint density at radius 3 is 1.83 bits per heavy atom. The quantitative estimate of drug-likeness (QED) is 0.883. The molecule has 0 aliphatic rings. The Morgan fingerprint density at radius 2 is 1.44 bits per heavy atom. The molecule has 0 aliphatic heterocycles. The number of rotatable bonds is 2. The van der Waals surface area contributed by atoms with Crippen molar-refractivity contribution in [1.82, 2.24) is 0 Å². The number of hydrogen-bond donors (Lipinski definition) is 1. The Balaban J connectivity index is 3.61. The standard InChI is InChI=1S/C8H7F3O5S2/c1-17(13,14)6-2-5(12)3-7(4-6)18(15,16)8(9,10)11/h2-4,12H,1H3. The second-order valence-corrected chi connectivity index (χ2v) is 7.34. The highest BCUT2D eigenvalue weighted by atomic mass is 32.2. The number of alkyl halides is 3. The Hall–Kier alpha value is -1.29. The van der Waals surface area contributed by atoms with Crippen LogP contribution in [0.4, 0.5) is 13.2 Å². The van der Waals surface area contributed by atoms with E-state index in [-0.39, 0.29) is 0 Å². The van der Waals surface area contributed by atoms with Crippen molar-refractivity contribution in [3.8, 4) is 5.75 Å². The average molecular weight is 304 g/mol. The molecule has 5 nitrogen and oxygen atoms in total. The van der Waals surface area contributed by atoms with Crippen molar-refractivity contribution in [3.63, 3.8) is 0 Å². The summed E-state index contributed by atoms with van der Waals surface area (Å²) in [4.78, 5) is -2.04. The van der Waals surface area contributed by atoms with E-state index in [2.05, 4.69) is 0 Å². The zero-order valence-electron chi connectivity index (χ0n) is 8.76. The molecule has 10 heteroatoms. The van der Waals surface area contributed by atoms with E-state index in [0.717, 1.165) is 0 Å². The number of sulfone groups is 2. The number of aromatic hydroxyl groups is 1. The summed E-state index contributed by atoms with van der Waals surface area (Å²) in [5, 5.41) is 9.09. The molecule has 0 amide bonds. The van der Waals surface area contributed by atoms with E-state index in [1.165, 1.54) is 0 Å². The molecular weight excluding hydrogens is 297 g/mol. The largest absolute Gasteiger partial charge is 0.508 e. The van der Waals surface area contributed by atoms with E-state index in [0.29, 0.717) is 24.5 Å². The third-order valence-corrected chi connectivity index (χ3v) is 4.47. The highest BCUT2D eigenvalue weighted by Crippen LogP contribution is 2.33. The summed E-state index contributed by atoms with van der Waals surface area (Å²) in [6.45, 7) is 0. The lowest BCUT2D eigenvalue weighted by molar-refractivity contribution is -0.0436. The molecule has 0 spiro atoms. The molecule has 0 heterocycles. The first-order valence-corrected chi connectivity index (χ1v) is 7.58. The molecule has 1 rings (SSSR count). The van der Waals surface area contributed by atoms with E-state index >= 15 is 0 Å². The summed E-state index contributed by atoms with van der Waals surface area (Å²) < 4.78 is 81.1. The SMILES string of the molecule is CS(=O)(=O)c1cc(O)cc(S(=O)(=O)C(F)(F)F)c1. The highest BCUT2D eigenvalue weighted by molar-refractivity contribution is 7.92. The van der Waals surface area contributed by atoms with Gasteiger partial charge in [0.15, 0.2) is 9.84 Å². The van der Waals surface area contributed by atoms with Crippen molar-refractivity contribution in [2.45, 2.75) is 15.3 Å². The summed E-state index contributed by atoms with van der Waals surface area (Å²) in [6, 6.07) is 1.33. The van der Waals surface area contributed by atoms with Crippen LogP contribution in [-0.4, -0.2) is 33.7 Å². The van der Waals surface area contributed by atoms with Gasteiger partial charge >= 0.3 is 5.51 Å². The minimum Gasteiger partial charge on any atom is -0.508 e. The lowest BCUT2D eigenvalue weighted by atomic mass is 10.3. The van der Waals surface area contributed by atoms with Crippen LogP contribution in [0.1, 0.15) is 0 Å². The molecule has 102 valence electrons. The van der Waals surface area contributed by atoms with Crippen LogP contribution in [0.25, 0.3) is 0 Å². The molecular formula is C8H7F3O5S2. The van der Waals surface area contributed by atoms with Gasteiger partial charge in [0.05, 0.1) is 9.79 Å². The van der Waals surface area contributed by atoms with Gasteiger partial charge in [-0.05, 0) is 18.2 Å². The van der Waals surface area contributed by atoms with Crippen LogP contribution in [0, 0.1) is 0 Å². The van der Waals surface area contributed by atoms with E-state index < -0.39 is 40.7 Å². The summed E-state index contributed by atoms with van der Waals surface area (Å²) in [6.07, 6.45) is 0.672. The minimum atomic E-state index is -5.71. The van der Waals surface area contributed by atoms with E-state index in [1.54, 1.807) is 0 Å². The van der Waals surface area contributed by atoms with Crippen molar-refractivity contribution >= 4 is 19.7 Å². The van der Waals surface area contributed by atoms with Gasteiger partial charge in [-0.15, -0.1) is 0 Å². The van der Waals surface area contributed by atoms with Crippen LogP contribution in [0.2, 0.25) is 0 Å². The molecule has 0 aromatic heterocycles. The first-order chi connectivity index (χ1) is 7.85. The molecule has 0 radical (unpaired) electrons. The third kappa shape index (κ3) is 2.75. The van der Waals surface area contributed by atoms with E-state index in [9.17, 15) is 30.0 Å². The van der Waals surface area contributed by atoms with Gasteiger partial charge in [-0.1, -0.05) is 0 Å². The molecule has 0 aliphatic carbocycles. The predicted molar refractivity (Wildman–Crippen MR) is 54.5 cm³/mol. The fourth-order valence-corrected chi connectivity index (χ4v) is 2.64. The Bertz CT molecular complexity index is 673. The Morgan fingerprint density at radius 1 is 1.00 bits per heavy atom. The highest BCUT2D eigenvalue weighted by Gasteiger charge is 2.47. The van der Waals surface area contributed by atoms with Crippen molar-refractivity contribution < 1.29 is 35.1 Å². The fraction of sp³-hybridized carbons (Fsp3) is 0.250. The van der Waals surface area contributed by atoms with Crippen molar-refractivity contribution in [1.29, 1.82) is 0 Å². The monoisotopic (exact) mass is 304 g/mol. The van der Waals surface area contributed by atoms with Gasteiger partial charge in [-0.2, -0.15) is 13.2 Å². The summed E-state index contributed by atoms with van der Waals surface area (Å²) in [5.74, 6) is -0.888. The molecule has 0 fully saturated rings. The lowest BCUT2D eigenvalue weighted by Gasteiger charge is -2.09. The average Bonchev–Trinajstić information content (AvgIpc) is 2.13. The fourth-order valence-electron chi connectivity index (χ4n) is 1.06. The molecule has 1 N–H and O–H groups in total. The molecule has 0 saturated heterocycles. The first-order valence-electron chi connectivity index (χ1n) is 4.21. The molecule has 0 atom stereocenters. The zero-order valence-corrected chi connectivity index (χ0v) is 10.4. The molecule has 0 unspecified atom stereocenters. The molecule has 1 aromatic carbocycles. The normalized spacial score (nSPS) is 13.6. The van der Waals surface area contributed by atoms with Crippen LogP contribution >= 0.6 is 0 Å². The van der Waals surface area contributed by atoms with Crippen molar-refractivity contribution in [2.24, 2.45) is 0 Å². The zero-order chi connectivity index (χ0) is 14.4. The first kappa shape index (κ1) is 14.8. The lowest BCUT2D eigenvalue weighted by Crippen LogP contribution is -2.23. The maximum atomic E-state index is 12.3. The van der Waals surface area contributed by atoms with E-state index in [1.807, 2.05) is 0 Å². The number of benzene rings is 1. The van der Waals surface area contributed by atoms with Crippen LogP contribution in [-0.2, 0) is 19.7 Å². The predicted octanol–water partition coefficient (Wildman–Crippen LogP) is 1.09. The Labute approximate surface area is 101 Å². The minimum absolute atomic E-state index is 0.331. The van der Waals surface area contributed by atoms with Crippen molar-refractivity contribution in [2.75, 3.05) is 6.26 Å². The van der Waals surface area contributed by atoms with Gasteiger partial charge in [0.2, 0.25) is 0 Å². The van der Waals surface area contributed by atoms with Crippen LogP contribution in [0.15, 0.2) is 28.0 Å². The molecule has 0 saturated carbocycles. The summed E-state index contributed by atoms with van der Waals surface area (Å²) in [7, 11) is -9.65. The second kappa shape index (κ2) is 4.12. The van der Waals surface area contributed by atoms with Gasteiger partial charge < -0.3 is 5.11 Å². The second-order valence-electron chi connectivity index (χ2n) is 3.38. The Kier molecular flexibility index (Phi) is 3.38. The van der Waals surface area contributed by atoms with Gasteiger partial charge in [0, 0.05) is 6.26 Å². The summed E-state index contributed by atoms with van der Waals surface area (Å²) >= 11 is 0. The number of phenols is 1. The van der Waals surface area contributed by atoms with Gasteiger partial charge in [0.25, 0.3) is 9.84 Å². The topological polar surface area (TPSA) is 88.5 Å². The molecule has 1 aromatic rings. The number of phenolic OH excluding ortho intramolecular Hbond substituents is 1. The van der Waals surface area contributed by atoms with Crippen LogP contribution < -0.4 is 0 Å². The molecule has 18 heavy (non-hydrogen) atoms. The number of hydrogen-bond acceptors (Lipinski definition) is 5. The van der Waals surface area contributed by atoms with Crippen LogP contribution in [0.5, 0.6) is 5.75 Å². The van der Waals surface area contributed by atoms with Gasteiger partial charge in [-0.25, -0.2) is 16.8 Å². The van der Waals surface area contributed by atoms with Gasteiger partial charge in [0.1, 0.15) is 5.75 Å². The van der Waals surface area contributed by atoms with E-state index in [4.69, 9.17) is 5.11 Å². The molecule has 0 bridgehead atoms. The smallest absolute Gasteiger partial charge is 0.501 e. The maximum Gasteiger partial charge on any atom is 0.501 e. The number of halogens is 3. The van der Waals surface area contributed by atoms with Crippen LogP contribution in [0.3, 0.4) is 0 Å². The van der Waals surface area contributed by atoms with Crippen molar-refractivity contribution in [3.05, 3.63) is 18.2 Å². The maximum absolute atomic E-state index is 12.3. The third-order valence-electron chi connectivity index (χ3n) is 1.91. The van der Waals surface area contributed by atoms with Gasteiger partial charge in [-0.3, -0.25) is 0 Å². The summed E-state index contributed by atoms with van der Waals surface area (Å²) in [5.41, 5.74) is -5.57.